The number of alkyl halides is 3. The Morgan fingerprint density at radius 3 is 2.28 bits per heavy atom. The smallest absolute Gasteiger partial charge is 0.475 e. The van der Waals surface area contributed by atoms with Gasteiger partial charge in [-0.1, -0.05) is 0 Å². The molecule has 2 fully saturated rings. The molecule has 2 saturated heterocycles. The van der Waals surface area contributed by atoms with Crippen molar-refractivity contribution in [2.24, 2.45) is 0 Å². The van der Waals surface area contributed by atoms with Crippen LogP contribution >= 0.6 is 0 Å². The van der Waals surface area contributed by atoms with Gasteiger partial charge < -0.3 is 15.7 Å². The summed E-state index contributed by atoms with van der Waals surface area (Å²) in [6.07, 6.45) is -3.22. The van der Waals surface area contributed by atoms with Gasteiger partial charge in [0.25, 0.3) is 5.91 Å². The molecule has 1 aromatic heterocycles. The summed E-state index contributed by atoms with van der Waals surface area (Å²) < 4.78 is 31.7. The Labute approximate surface area is 180 Å². The normalized spacial score (nSPS) is 19.6. The van der Waals surface area contributed by atoms with Crippen molar-refractivity contribution in [1.29, 1.82) is 0 Å². The second-order valence-electron chi connectivity index (χ2n) is 7.19. The summed E-state index contributed by atoms with van der Waals surface area (Å²) in [6.45, 7) is 3.26. The first-order chi connectivity index (χ1) is 14.9. The highest BCUT2D eigenvalue weighted by Gasteiger charge is 2.38. The molecule has 1 aromatic rings. The van der Waals surface area contributed by atoms with E-state index < -0.39 is 12.1 Å². The standard InChI is InChI=1S/C16H22N6O3.C2HF3O2/c1-9-7-11(14(24)17-2)20-16(18-9)19-10-3-5-22(6-4-10)12-8-13(23)21-15(12)25;3-2(4,5)1(6)7/h7,10,12H,3-6,8H2,1-2H3,(H,17,24)(H,18,19,20)(H,21,23,25);(H,6,7). The second kappa shape index (κ2) is 10.3. The lowest BCUT2D eigenvalue weighted by Crippen LogP contribution is -2.47. The predicted molar refractivity (Wildman–Crippen MR) is 104 cm³/mol. The zero-order valence-electron chi connectivity index (χ0n) is 17.3. The number of halogens is 3. The van der Waals surface area contributed by atoms with Crippen molar-refractivity contribution < 1.29 is 37.5 Å². The van der Waals surface area contributed by atoms with Crippen molar-refractivity contribution in [2.45, 2.75) is 44.4 Å². The number of aryl methyl sites for hydroxylation is 1. The SMILES string of the molecule is CNC(=O)c1cc(C)nc(NC2CCN(C3CC(=O)NC3=O)CC2)n1.O=C(O)C(F)(F)F. The summed E-state index contributed by atoms with van der Waals surface area (Å²) in [5.74, 6) is -2.97. The highest BCUT2D eigenvalue weighted by Crippen LogP contribution is 2.20. The van der Waals surface area contributed by atoms with E-state index in [0.29, 0.717) is 11.6 Å². The average Bonchev–Trinajstić information content (AvgIpc) is 3.05. The van der Waals surface area contributed by atoms with Crippen LogP contribution in [-0.4, -0.2) is 82.1 Å². The van der Waals surface area contributed by atoms with Gasteiger partial charge in [0.1, 0.15) is 5.69 Å². The minimum atomic E-state index is -5.08. The van der Waals surface area contributed by atoms with E-state index in [4.69, 9.17) is 9.90 Å². The summed E-state index contributed by atoms with van der Waals surface area (Å²) in [4.78, 5) is 54.4. The van der Waals surface area contributed by atoms with Crippen molar-refractivity contribution in [3.63, 3.8) is 0 Å². The minimum Gasteiger partial charge on any atom is -0.475 e. The molecule has 2 aliphatic heterocycles. The summed E-state index contributed by atoms with van der Waals surface area (Å²) in [5.41, 5.74) is 1.05. The first kappa shape index (κ1) is 25.0. The monoisotopic (exact) mass is 460 g/mol. The van der Waals surface area contributed by atoms with Gasteiger partial charge in [0.15, 0.2) is 0 Å². The molecule has 3 heterocycles. The highest BCUT2D eigenvalue weighted by molar-refractivity contribution is 6.05. The Bertz CT molecular complexity index is 886. The molecule has 3 amide bonds. The van der Waals surface area contributed by atoms with E-state index >= 15 is 0 Å². The maximum absolute atomic E-state index is 11.8. The number of aliphatic carboxylic acids is 1. The fraction of sp³-hybridized carbons (Fsp3) is 0.556. The van der Waals surface area contributed by atoms with Crippen LogP contribution in [0.15, 0.2) is 6.07 Å². The average molecular weight is 460 g/mol. The number of carboxylic acids is 1. The molecule has 0 aliphatic carbocycles. The van der Waals surface area contributed by atoms with Gasteiger partial charge in [-0.2, -0.15) is 13.2 Å². The molecule has 176 valence electrons. The molecule has 4 N–H and O–H groups in total. The number of piperidine rings is 1. The third-order valence-electron chi connectivity index (χ3n) is 4.80. The van der Waals surface area contributed by atoms with E-state index in [0.717, 1.165) is 31.6 Å². The fourth-order valence-corrected chi connectivity index (χ4v) is 3.25. The molecule has 3 rings (SSSR count). The van der Waals surface area contributed by atoms with Crippen LogP contribution in [0.25, 0.3) is 0 Å². The molecule has 11 nitrogen and oxygen atoms in total. The van der Waals surface area contributed by atoms with Gasteiger partial charge in [-0.25, -0.2) is 14.8 Å². The fourth-order valence-electron chi connectivity index (χ4n) is 3.25. The molecule has 0 bridgehead atoms. The summed E-state index contributed by atoms with van der Waals surface area (Å²) >= 11 is 0. The molecule has 0 saturated carbocycles. The van der Waals surface area contributed by atoms with Crippen molar-refractivity contribution in [3.8, 4) is 0 Å². The van der Waals surface area contributed by atoms with E-state index in [1.54, 1.807) is 13.1 Å². The van der Waals surface area contributed by atoms with E-state index in [9.17, 15) is 27.6 Å². The number of nitrogens with one attached hydrogen (secondary N) is 3. The van der Waals surface area contributed by atoms with E-state index in [1.165, 1.54) is 0 Å². The van der Waals surface area contributed by atoms with E-state index in [1.807, 2.05) is 11.8 Å². The summed E-state index contributed by atoms with van der Waals surface area (Å²) in [7, 11) is 1.56. The van der Waals surface area contributed by atoms with Crippen LogP contribution in [0.1, 0.15) is 35.4 Å². The molecule has 0 spiro atoms. The molecule has 14 heteroatoms. The van der Waals surface area contributed by atoms with Crippen LogP contribution in [0, 0.1) is 6.92 Å². The van der Waals surface area contributed by atoms with Crippen LogP contribution in [0.2, 0.25) is 0 Å². The number of carbonyl (C=O) groups is 4. The number of carbonyl (C=O) groups excluding carboxylic acids is 3. The number of hydrogen-bond acceptors (Lipinski definition) is 8. The Balaban J connectivity index is 0.000000451. The van der Waals surface area contributed by atoms with Crippen LogP contribution < -0.4 is 16.0 Å². The highest BCUT2D eigenvalue weighted by atomic mass is 19.4. The van der Waals surface area contributed by atoms with Gasteiger partial charge in [0.2, 0.25) is 17.8 Å². The number of anilines is 1. The van der Waals surface area contributed by atoms with E-state index in [-0.39, 0.29) is 36.2 Å². The summed E-state index contributed by atoms with van der Waals surface area (Å²) in [6, 6.07) is 1.46. The summed E-state index contributed by atoms with van der Waals surface area (Å²) in [5, 5.41) is 15.3. The van der Waals surface area contributed by atoms with Crippen LogP contribution in [0.4, 0.5) is 19.1 Å². The lowest BCUT2D eigenvalue weighted by Gasteiger charge is -2.34. The molecule has 2 aliphatic rings. The number of rotatable bonds is 4. The van der Waals surface area contributed by atoms with Gasteiger partial charge in [-0.3, -0.25) is 24.6 Å². The van der Waals surface area contributed by atoms with Gasteiger partial charge in [-0.05, 0) is 25.8 Å². The quantitative estimate of drug-likeness (QED) is 0.457. The maximum Gasteiger partial charge on any atom is 0.490 e. The third-order valence-corrected chi connectivity index (χ3v) is 4.80. The van der Waals surface area contributed by atoms with Gasteiger partial charge in [-0.15, -0.1) is 0 Å². The zero-order chi connectivity index (χ0) is 24.1. The number of amides is 3. The van der Waals surface area contributed by atoms with Crippen molar-refractivity contribution in [1.82, 2.24) is 25.5 Å². The molecule has 32 heavy (non-hydrogen) atoms. The largest absolute Gasteiger partial charge is 0.490 e. The topological polar surface area (TPSA) is 154 Å². The number of carboxylic acid groups (broad SMARTS) is 1. The van der Waals surface area contributed by atoms with Gasteiger partial charge >= 0.3 is 12.1 Å². The first-order valence-electron chi connectivity index (χ1n) is 9.63. The van der Waals surface area contributed by atoms with Crippen molar-refractivity contribution in [2.75, 3.05) is 25.5 Å². The first-order valence-corrected chi connectivity index (χ1v) is 9.63. The Morgan fingerprint density at radius 1 is 1.22 bits per heavy atom. The van der Waals surface area contributed by atoms with Crippen LogP contribution in [0.3, 0.4) is 0 Å². The lowest BCUT2D eigenvalue weighted by atomic mass is 10.0. The zero-order valence-corrected chi connectivity index (χ0v) is 17.3. The van der Waals surface area contributed by atoms with Gasteiger partial charge in [0.05, 0.1) is 12.5 Å². The number of imide groups is 1. The number of hydrogen-bond donors (Lipinski definition) is 4. The van der Waals surface area contributed by atoms with Crippen LogP contribution in [-0.2, 0) is 14.4 Å². The Morgan fingerprint density at radius 2 is 1.81 bits per heavy atom. The van der Waals surface area contributed by atoms with E-state index in [2.05, 4.69) is 25.9 Å². The predicted octanol–water partition coefficient (Wildman–Crippen LogP) is 0.0693. The number of likely N-dealkylation sites (tertiary alicyclic amines) is 1. The molecule has 1 atom stereocenters. The Kier molecular flexibility index (Phi) is 8.08. The number of aromatic nitrogens is 2. The van der Waals surface area contributed by atoms with Crippen molar-refractivity contribution in [3.05, 3.63) is 17.5 Å². The van der Waals surface area contributed by atoms with Gasteiger partial charge in [0, 0.05) is 31.9 Å². The third kappa shape index (κ3) is 6.87. The Hall–Kier alpha value is -3.29. The maximum atomic E-state index is 11.8. The minimum absolute atomic E-state index is 0.163. The second-order valence-corrected chi connectivity index (χ2v) is 7.19. The molecule has 0 aromatic carbocycles. The van der Waals surface area contributed by atoms with Crippen LogP contribution in [0.5, 0.6) is 0 Å². The molecule has 1 unspecified atom stereocenters. The molecular weight excluding hydrogens is 437 g/mol. The number of nitrogens with zero attached hydrogens (tertiary/aromatic N) is 3. The molecule has 0 radical (unpaired) electrons. The lowest BCUT2D eigenvalue weighted by molar-refractivity contribution is -0.192. The molecular formula is C18H23F3N6O5. The van der Waals surface area contributed by atoms with Crippen molar-refractivity contribution >= 4 is 29.6 Å².